The van der Waals surface area contributed by atoms with Crippen molar-refractivity contribution >= 4 is 35.8 Å². The van der Waals surface area contributed by atoms with E-state index in [9.17, 15) is 4.79 Å². The number of aromatic nitrogens is 1. The van der Waals surface area contributed by atoms with Crippen molar-refractivity contribution in [2.24, 2.45) is 4.99 Å². The summed E-state index contributed by atoms with van der Waals surface area (Å²) in [7, 11) is 1.82. The van der Waals surface area contributed by atoms with Crippen LogP contribution in [0, 0.1) is 0 Å². The second-order valence-electron chi connectivity index (χ2n) is 7.63. The number of carbonyl (C=O) groups excluding carboxylic acids is 1. The van der Waals surface area contributed by atoms with Gasteiger partial charge >= 0.3 is 0 Å². The van der Waals surface area contributed by atoms with Gasteiger partial charge in [0.05, 0.1) is 0 Å². The van der Waals surface area contributed by atoms with Crippen LogP contribution in [0.15, 0.2) is 29.4 Å². The maximum Gasteiger partial charge on any atom is 0.244 e. The van der Waals surface area contributed by atoms with Crippen molar-refractivity contribution in [3.63, 3.8) is 0 Å². The summed E-state index contributed by atoms with van der Waals surface area (Å²) in [5.41, 5.74) is 0.994. The van der Waals surface area contributed by atoms with Crippen molar-refractivity contribution < 1.29 is 4.79 Å². The number of pyridine rings is 1. The number of piperidine rings is 1. The molecule has 2 heterocycles. The number of likely N-dealkylation sites (tertiary alicyclic amines) is 1. The molecule has 1 aromatic heterocycles. The quantitative estimate of drug-likeness (QED) is 0.315. The van der Waals surface area contributed by atoms with Gasteiger partial charge in [-0.2, -0.15) is 0 Å². The molecule has 0 aliphatic carbocycles. The number of halogens is 1. The summed E-state index contributed by atoms with van der Waals surface area (Å²) >= 11 is 0. The highest BCUT2D eigenvalue weighted by Gasteiger charge is 2.21. The van der Waals surface area contributed by atoms with Gasteiger partial charge in [-0.25, -0.2) is 4.99 Å². The molecule has 1 aliphatic rings. The van der Waals surface area contributed by atoms with E-state index >= 15 is 0 Å². The van der Waals surface area contributed by atoms with Crippen molar-refractivity contribution in [2.45, 2.75) is 52.1 Å². The molecule has 1 fully saturated rings. The molecule has 29 heavy (non-hydrogen) atoms. The van der Waals surface area contributed by atoms with Crippen LogP contribution in [0.3, 0.4) is 0 Å². The lowest BCUT2D eigenvalue weighted by Crippen LogP contribution is -2.50. The van der Waals surface area contributed by atoms with Crippen LogP contribution >= 0.6 is 24.0 Å². The average Bonchev–Trinajstić information content (AvgIpc) is 2.71. The Morgan fingerprint density at radius 1 is 1.34 bits per heavy atom. The molecule has 7 nitrogen and oxygen atoms in total. The Kier molecular flexibility index (Phi) is 12.1. The first kappa shape index (κ1) is 25.6. The number of nitrogens with one attached hydrogen (secondary N) is 2. The molecule has 0 spiro atoms. The first-order valence-electron chi connectivity index (χ1n) is 10.4. The molecule has 0 atom stereocenters. The van der Waals surface area contributed by atoms with Gasteiger partial charge in [-0.1, -0.05) is 6.07 Å². The molecule has 0 aromatic carbocycles. The predicted octanol–water partition coefficient (Wildman–Crippen LogP) is 2.13. The zero-order valence-electron chi connectivity index (χ0n) is 18.2. The molecule has 1 saturated heterocycles. The van der Waals surface area contributed by atoms with E-state index in [1.807, 2.05) is 32.2 Å². The van der Waals surface area contributed by atoms with Gasteiger partial charge in [0.1, 0.15) is 6.54 Å². The summed E-state index contributed by atoms with van der Waals surface area (Å²) in [5.74, 6) is 0.750. The Balaban J connectivity index is 0.00000420. The number of hydrogen-bond donors (Lipinski definition) is 2. The summed E-state index contributed by atoms with van der Waals surface area (Å²) in [6.45, 7) is 10.3. The SMILES string of the molecule is CCNC(=NCC(=O)N(C)CCc1ccccn1)NC1CCN(C(C)C)CC1.I. The van der Waals surface area contributed by atoms with E-state index in [-0.39, 0.29) is 36.4 Å². The fourth-order valence-corrected chi connectivity index (χ4v) is 3.29. The van der Waals surface area contributed by atoms with E-state index in [2.05, 4.69) is 39.4 Å². The molecule has 0 radical (unpaired) electrons. The number of likely N-dealkylation sites (N-methyl/N-ethyl adjacent to an activating group) is 1. The molecule has 164 valence electrons. The van der Waals surface area contributed by atoms with Crippen molar-refractivity contribution in [1.29, 1.82) is 0 Å². The van der Waals surface area contributed by atoms with Crippen LogP contribution in [0.25, 0.3) is 0 Å². The fourth-order valence-electron chi connectivity index (χ4n) is 3.29. The summed E-state index contributed by atoms with van der Waals surface area (Å²) in [5, 5.41) is 6.76. The third-order valence-corrected chi connectivity index (χ3v) is 5.17. The maximum atomic E-state index is 12.4. The van der Waals surface area contributed by atoms with Crippen LogP contribution in [0.5, 0.6) is 0 Å². The highest BCUT2D eigenvalue weighted by molar-refractivity contribution is 14.0. The normalized spacial score (nSPS) is 15.7. The largest absolute Gasteiger partial charge is 0.357 e. The number of amides is 1. The zero-order chi connectivity index (χ0) is 20.4. The van der Waals surface area contributed by atoms with Gasteiger partial charge in [0.15, 0.2) is 5.96 Å². The summed E-state index contributed by atoms with van der Waals surface area (Å²) in [4.78, 5) is 25.5. The predicted molar refractivity (Wildman–Crippen MR) is 130 cm³/mol. The molecule has 0 bridgehead atoms. The summed E-state index contributed by atoms with van der Waals surface area (Å²) in [6.07, 6.45) is 4.72. The van der Waals surface area contributed by atoms with Crippen LogP contribution < -0.4 is 10.6 Å². The zero-order valence-corrected chi connectivity index (χ0v) is 20.6. The lowest BCUT2D eigenvalue weighted by atomic mass is 10.0. The number of guanidine groups is 1. The Hall–Kier alpha value is -1.42. The van der Waals surface area contributed by atoms with Gasteiger partial charge in [0, 0.05) is 63.6 Å². The van der Waals surface area contributed by atoms with E-state index in [1.54, 1.807) is 11.1 Å². The number of aliphatic imine (C=N–C) groups is 1. The van der Waals surface area contributed by atoms with Crippen molar-refractivity contribution in [1.82, 2.24) is 25.4 Å². The first-order chi connectivity index (χ1) is 13.5. The minimum atomic E-state index is 0. The molecule has 0 unspecified atom stereocenters. The lowest BCUT2D eigenvalue weighted by Gasteiger charge is -2.35. The minimum Gasteiger partial charge on any atom is -0.357 e. The van der Waals surface area contributed by atoms with Crippen LogP contribution in [0.2, 0.25) is 0 Å². The molecule has 1 aliphatic heterocycles. The first-order valence-corrected chi connectivity index (χ1v) is 10.4. The Morgan fingerprint density at radius 3 is 2.66 bits per heavy atom. The molecule has 2 N–H and O–H groups in total. The second kappa shape index (κ2) is 13.7. The van der Waals surface area contributed by atoms with Gasteiger partial charge in [-0.15, -0.1) is 24.0 Å². The highest BCUT2D eigenvalue weighted by Crippen LogP contribution is 2.12. The van der Waals surface area contributed by atoms with Crippen molar-refractivity contribution in [3.05, 3.63) is 30.1 Å². The number of hydrogen-bond acceptors (Lipinski definition) is 4. The maximum absolute atomic E-state index is 12.4. The fraction of sp³-hybridized carbons (Fsp3) is 0.667. The summed E-state index contributed by atoms with van der Waals surface area (Å²) < 4.78 is 0. The average molecular weight is 516 g/mol. The molecule has 2 rings (SSSR count). The number of carbonyl (C=O) groups is 1. The van der Waals surface area contributed by atoms with Gasteiger partial charge in [-0.05, 0) is 45.7 Å². The smallest absolute Gasteiger partial charge is 0.244 e. The highest BCUT2D eigenvalue weighted by atomic mass is 127. The number of rotatable bonds is 8. The van der Waals surface area contributed by atoms with Gasteiger partial charge in [0.25, 0.3) is 0 Å². The van der Waals surface area contributed by atoms with Crippen molar-refractivity contribution in [3.8, 4) is 0 Å². The van der Waals surface area contributed by atoms with E-state index in [0.717, 1.165) is 50.6 Å². The van der Waals surface area contributed by atoms with Crippen molar-refractivity contribution in [2.75, 3.05) is 39.8 Å². The molecule has 1 amide bonds. The Morgan fingerprint density at radius 2 is 2.07 bits per heavy atom. The monoisotopic (exact) mass is 516 g/mol. The van der Waals surface area contributed by atoms with E-state index in [0.29, 0.717) is 18.6 Å². The van der Waals surface area contributed by atoms with Gasteiger partial charge in [0.2, 0.25) is 5.91 Å². The van der Waals surface area contributed by atoms with Crippen LogP contribution in [-0.4, -0.2) is 78.5 Å². The number of nitrogens with zero attached hydrogens (tertiary/aromatic N) is 4. The van der Waals surface area contributed by atoms with Crippen LogP contribution in [0.1, 0.15) is 39.3 Å². The van der Waals surface area contributed by atoms with Gasteiger partial charge < -0.3 is 20.4 Å². The standard InChI is InChI=1S/C21H36N6O.HI/c1-5-22-21(25-19-10-14-27(15-11-19)17(2)3)24-16-20(28)26(4)13-9-18-8-6-7-12-23-18;/h6-8,12,17,19H,5,9-11,13-16H2,1-4H3,(H2,22,24,25);1H. The van der Waals surface area contributed by atoms with Crippen LogP contribution in [-0.2, 0) is 11.2 Å². The molecule has 0 saturated carbocycles. The Labute approximate surface area is 192 Å². The topological polar surface area (TPSA) is 72.9 Å². The molecular weight excluding hydrogens is 479 g/mol. The van der Waals surface area contributed by atoms with E-state index in [4.69, 9.17) is 0 Å². The molecular formula is C21H37IN6O. The third-order valence-electron chi connectivity index (χ3n) is 5.17. The third kappa shape index (κ3) is 9.29. The van der Waals surface area contributed by atoms with Crippen LogP contribution in [0.4, 0.5) is 0 Å². The minimum absolute atomic E-state index is 0. The second-order valence-corrected chi connectivity index (χ2v) is 7.63. The molecule has 1 aromatic rings. The van der Waals surface area contributed by atoms with E-state index < -0.39 is 0 Å². The Bertz CT molecular complexity index is 617. The molecule has 8 heteroatoms. The lowest BCUT2D eigenvalue weighted by molar-refractivity contribution is -0.128. The summed E-state index contributed by atoms with van der Waals surface area (Å²) in [6, 6.07) is 6.85. The van der Waals surface area contributed by atoms with E-state index in [1.165, 1.54) is 0 Å². The van der Waals surface area contributed by atoms with Gasteiger partial charge in [-0.3, -0.25) is 9.78 Å².